The molecule has 0 bridgehead atoms. The number of pyridine rings is 1. The third-order valence-electron chi connectivity index (χ3n) is 6.16. The van der Waals surface area contributed by atoms with E-state index >= 15 is 0 Å². The molecule has 1 saturated heterocycles. The van der Waals surface area contributed by atoms with Crippen LogP contribution in [-0.2, 0) is 19.9 Å². The van der Waals surface area contributed by atoms with Crippen molar-refractivity contribution < 1.29 is 19.7 Å². The Morgan fingerprint density at radius 3 is 2.39 bits per heavy atom. The summed E-state index contributed by atoms with van der Waals surface area (Å²) < 4.78 is 8.48. The fourth-order valence-corrected chi connectivity index (χ4v) is 5.38. The van der Waals surface area contributed by atoms with E-state index in [0.29, 0.717) is 24.0 Å². The van der Waals surface area contributed by atoms with Gasteiger partial charge in [-0.25, -0.2) is 19.0 Å². The first kappa shape index (κ1) is 21.6. The minimum absolute atomic E-state index is 0.0478. The molecule has 3 aromatic heterocycles. The number of likely N-dealkylation sites (tertiary alicyclic amines) is 1. The third-order valence-corrected chi connectivity index (χ3v) is 7.52. The molecule has 11 nitrogen and oxygen atoms in total. The van der Waals surface area contributed by atoms with Crippen LogP contribution in [0.1, 0.15) is 36.8 Å². The quantitative estimate of drug-likeness (QED) is 0.589. The van der Waals surface area contributed by atoms with Crippen LogP contribution >= 0.6 is 11.8 Å². The number of thioether (sulfide) groups is 1. The average molecular weight is 472 g/mol. The maximum atomic E-state index is 12.6. The van der Waals surface area contributed by atoms with Gasteiger partial charge in [0.2, 0.25) is 22.8 Å². The topological polar surface area (TPSA) is 131 Å². The largest absolute Gasteiger partial charge is 0.494 e. The second kappa shape index (κ2) is 8.93. The molecule has 33 heavy (non-hydrogen) atoms. The molecule has 0 saturated carbocycles. The number of aromatic hydroxyl groups is 2. The lowest BCUT2D eigenvalue weighted by Gasteiger charge is -2.30. The van der Waals surface area contributed by atoms with Crippen molar-refractivity contribution in [1.29, 1.82) is 0 Å². The molecule has 4 heterocycles. The molecule has 1 fully saturated rings. The maximum Gasteiger partial charge on any atom is 0.416 e. The lowest BCUT2D eigenvalue weighted by Crippen LogP contribution is -2.41. The molecule has 0 aromatic carbocycles. The van der Waals surface area contributed by atoms with Crippen LogP contribution in [0.15, 0.2) is 23.5 Å². The van der Waals surface area contributed by atoms with E-state index in [4.69, 9.17) is 4.74 Å². The summed E-state index contributed by atoms with van der Waals surface area (Å²) in [4.78, 5) is 18.5. The second-order valence-corrected chi connectivity index (χ2v) is 9.53. The van der Waals surface area contributed by atoms with Crippen molar-refractivity contribution in [3.05, 3.63) is 29.5 Å². The first-order valence-electron chi connectivity index (χ1n) is 11.0. The highest BCUT2D eigenvalue weighted by atomic mass is 32.2. The standard InChI is InChI=1S/C21H25N7O4S/c1-26-20(23-24-25-26)33-14-8-10-27(11-9-14)21(31)32-17-7-6-13(12-22-17)28-18(29)15-4-2-3-5-16(15)19(28)30/h6-7,12,14,29-30H,2-5,8-11H2,1H3. The Kier molecular flexibility index (Phi) is 5.83. The number of carbonyl (C=O) groups is 1. The summed E-state index contributed by atoms with van der Waals surface area (Å²) in [5.74, 6) is 0.263. The molecular weight excluding hydrogens is 446 g/mol. The van der Waals surface area contributed by atoms with Crippen LogP contribution in [0.4, 0.5) is 4.79 Å². The number of hydrogen-bond donors (Lipinski definition) is 2. The summed E-state index contributed by atoms with van der Waals surface area (Å²) in [5, 5.41) is 33.7. The number of amides is 1. The van der Waals surface area contributed by atoms with E-state index in [1.807, 2.05) is 0 Å². The van der Waals surface area contributed by atoms with Crippen molar-refractivity contribution in [3.63, 3.8) is 0 Å². The zero-order chi connectivity index (χ0) is 22.9. The number of nitrogens with zero attached hydrogens (tertiary/aromatic N) is 7. The number of aromatic nitrogens is 6. The van der Waals surface area contributed by atoms with Gasteiger partial charge in [0.05, 0.1) is 11.9 Å². The highest BCUT2D eigenvalue weighted by Gasteiger charge is 2.27. The predicted octanol–water partition coefficient (Wildman–Crippen LogP) is 2.44. The van der Waals surface area contributed by atoms with E-state index in [1.54, 1.807) is 40.5 Å². The van der Waals surface area contributed by atoms with Gasteiger partial charge in [0.15, 0.2) is 0 Å². The Balaban J connectivity index is 1.19. The summed E-state index contributed by atoms with van der Waals surface area (Å²) in [7, 11) is 1.81. The van der Waals surface area contributed by atoms with E-state index in [2.05, 4.69) is 20.5 Å². The van der Waals surface area contributed by atoms with Gasteiger partial charge < -0.3 is 19.8 Å². The number of hydrogen-bond acceptors (Lipinski definition) is 9. The Labute approximate surface area is 194 Å². The molecular formula is C21H25N7O4S. The fourth-order valence-electron chi connectivity index (χ4n) is 4.36. The van der Waals surface area contributed by atoms with E-state index in [1.165, 1.54) is 10.8 Å². The lowest BCUT2D eigenvalue weighted by molar-refractivity contribution is 0.142. The zero-order valence-electron chi connectivity index (χ0n) is 18.2. The Morgan fingerprint density at radius 2 is 1.82 bits per heavy atom. The minimum atomic E-state index is -0.443. The number of tetrazole rings is 1. The molecule has 0 spiro atoms. The Morgan fingerprint density at radius 1 is 1.12 bits per heavy atom. The highest BCUT2D eigenvalue weighted by Crippen LogP contribution is 2.40. The molecule has 5 rings (SSSR count). The van der Waals surface area contributed by atoms with Gasteiger partial charge in [0.25, 0.3) is 0 Å². The SMILES string of the molecule is Cn1nnnc1SC1CCN(C(=O)Oc2ccc(-n3c(O)c4c(c3O)CCCC4)cn2)CC1. The van der Waals surface area contributed by atoms with Crippen molar-refractivity contribution in [2.24, 2.45) is 7.05 Å². The molecule has 12 heteroatoms. The summed E-state index contributed by atoms with van der Waals surface area (Å²) in [6.45, 7) is 1.16. The molecule has 0 atom stereocenters. The molecule has 1 aliphatic heterocycles. The summed E-state index contributed by atoms with van der Waals surface area (Å²) in [6.07, 6.45) is 6.14. The van der Waals surface area contributed by atoms with E-state index in [9.17, 15) is 15.0 Å². The molecule has 3 aromatic rings. The van der Waals surface area contributed by atoms with Crippen LogP contribution < -0.4 is 4.74 Å². The van der Waals surface area contributed by atoms with Gasteiger partial charge in [-0.1, -0.05) is 11.8 Å². The molecule has 2 N–H and O–H groups in total. The van der Waals surface area contributed by atoms with Crippen LogP contribution in [0.25, 0.3) is 5.69 Å². The first-order valence-corrected chi connectivity index (χ1v) is 11.9. The number of fused-ring (bicyclic) bond motifs is 1. The predicted molar refractivity (Wildman–Crippen MR) is 119 cm³/mol. The molecule has 1 aliphatic carbocycles. The van der Waals surface area contributed by atoms with Crippen LogP contribution in [0.2, 0.25) is 0 Å². The van der Waals surface area contributed by atoms with Gasteiger partial charge in [-0.2, -0.15) is 0 Å². The molecule has 0 radical (unpaired) electrons. The van der Waals surface area contributed by atoms with Crippen molar-refractivity contribution in [1.82, 2.24) is 34.7 Å². The summed E-state index contributed by atoms with van der Waals surface area (Å²) in [5.41, 5.74) is 2.10. The number of aryl methyl sites for hydroxylation is 1. The van der Waals surface area contributed by atoms with Gasteiger partial charge >= 0.3 is 6.09 Å². The van der Waals surface area contributed by atoms with Crippen molar-refractivity contribution >= 4 is 17.9 Å². The maximum absolute atomic E-state index is 12.6. The van der Waals surface area contributed by atoms with E-state index in [-0.39, 0.29) is 17.6 Å². The van der Waals surface area contributed by atoms with Crippen LogP contribution in [0, 0.1) is 0 Å². The molecule has 0 unspecified atom stereocenters. The minimum Gasteiger partial charge on any atom is -0.494 e. The number of rotatable bonds is 4. The van der Waals surface area contributed by atoms with Gasteiger partial charge in [-0.05, 0) is 55.0 Å². The van der Waals surface area contributed by atoms with Crippen LogP contribution in [0.5, 0.6) is 17.6 Å². The normalized spacial score (nSPS) is 16.6. The number of carbonyl (C=O) groups excluding carboxylic acids is 1. The van der Waals surface area contributed by atoms with Crippen LogP contribution in [0.3, 0.4) is 0 Å². The number of ether oxygens (including phenoxy) is 1. The van der Waals surface area contributed by atoms with Gasteiger partial charge in [0.1, 0.15) is 0 Å². The third kappa shape index (κ3) is 4.22. The van der Waals surface area contributed by atoms with Gasteiger partial charge in [0, 0.05) is 42.6 Å². The zero-order valence-corrected chi connectivity index (χ0v) is 19.0. The van der Waals surface area contributed by atoms with E-state index in [0.717, 1.165) is 54.8 Å². The smallest absolute Gasteiger partial charge is 0.416 e. The second-order valence-electron chi connectivity index (χ2n) is 8.26. The van der Waals surface area contributed by atoms with Crippen molar-refractivity contribution in [2.75, 3.05) is 13.1 Å². The summed E-state index contributed by atoms with van der Waals surface area (Å²) in [6, 6.07) is 3.23. The summed E-state index contributed by atoms with van der Waals surface area (Å²) >= 11 is 1.62. The highest BCUT2D eigenvalue weighted by molar-refractivity contribution is 7.99. The number of piperidine rings is 1. The molecule has 2 aliphatic rings. The van der Waals surface area contributed by atoms with E-state index < -0.39 is 6.09 Å². The fraction of sp³-hybridized carbons (Fsp3) is 0.476. The lowest BCUT2D eigenvalue weighted by atomic mass is 9.95. The molecule has 174 valence electrons. The van der Waals surface area contributed by atoms with Crippen molar-refractivity contribution in [3.8, 4) is 23.3 Å². The monoisotopic (exact) mass is 471 g/mol. The van der Waals surface area contributed by atoms with Crippen LogP contribution in [-0.4, -0.2) is 69.3 Å². The van der Waals surface area contributed by atoms with Gasteiger partial charge in [-0.15, -0.1) is 5.10 Å². The molecule has 1 amide bonds. The van der Waals surface area contributed by atoms with Gasteiger partial charge in [-0.3, -0.25) is 0 Å². The Bertz CT molecular complexity index is 1120. The first-order chi connectivity index (χ1) is 16.0. The van der Waals surface area contributed by atoms with Crippen molar-refractivity contribution in [2.45, 2.75) is 48.9 Å². The Hall–Kier alpha value is -3.28. The average Bonchev–Trinajstić information content (AvgIpc) is 3.35.